The van der Waals surface area contributed by atoms with Gasteiger partial charge in [-0.05, 0) is 30.3 Å². The lowest BCUT2D eigenvalue weighted by Gasteiger charge is -2.19. The third-order valence-electron chi connectivity index (χ3n) is 3.51. The molecule has 0 aliphatic heterocycles. The van der Waals surface area contributed by atoms with Crippen molar-refractivity contribution in [1.29, 1.82) is 0 Å². The highest BCUT2D eigenvalue weighted by atomic mass is 35.5. The molecule has 2 amide bonds. The average Bonchev–Trinajstić information content (AvgIpc) is 2.60. The van der Waals surface area contributed by atoms with Crippen molar-refractivity contribution in [3.63, 3.8) is 0 Å². The summed E-state index contributed by atoms with van der Waals surface area (Å²) in [6, 6.07) is 14.0. The molecule has 0 unspecified atom stereocenters. The average molecular weight is 347 g/mol. The van der Waals surface area contributed by atoms with Gasteiger partial charge in [0.1, 0.15) is 5.75 Å². The van der Waals surface area contributed by atoms with E-state index in [1.807, 2.05) is 6.07 Å². The van der Waals surface area contributed by atoms with E-state index in [0.717, 1.165) is 5.56 Å². The number of nitrogens with one attached hydrogen (secondary N) is 1. The minimum absolute atomic E-state index is 0.0763. The number of likely N-dealkylation sites (N-methyl/N-ethyl adjacent to an activating group) is 1. The maximum atomic E-state index is 12.2. The molecule has 24 heavy (non-hydrogen) atoms. The summed E-state index contributed by atoms with van der Waals surface area (Å²) in [6.07, 6.45) is 0. The van der Waals surface area contributed by atoms with Crippen LogP contribution in [0.1, 0.15) is 15.9 Å². The van der Waals surface area contributed by atoms with Gasteiger partial charge in [-0.15, -0.1) is 0 Å². The Labute approximate surface area is 146 Å². The van der Waals surface area contributed by atoms with Crippen LogP contribution in [0.5, 0.6) is 5.75 Å². The highest BCUT2D eigenvalue weighted by Crippen LogP contribution is 2.23. The van der Waals surface area contributed by atoms with Gasteiger partial charge in [-0.25, -0.2) is 0 Å². The van der Waals surface area contributed by atoms with Crippen molar-refractivity contribution >= 4 is 23.4 Å². The number of methoxy groups -OCH3 is 1. The number of rotatable bonds is 6. The third-order valence-corrected chi connectivity index (χ3v) is 3.75. The molecule has 0 radical (unpaired) electrons. The van der Waals surface area contributed by atoms with Crippen molar-refractivity contribution < 1.29 is 14.3 Å². The molecule has 0 spiro atoms. The maximum Gasteiger partial charge on any atom is 0.251 e. The predicted octanol–water partition coefficient (Wildman–Crippen LogP) is 2.74. The zero-order valence-electron chi connectivity index (χ0n) is 13.6. The molecule has 6 heteroatoms. The number of carbonyl (C=O) groups excluding carboxylic acids is 2. The Kier molecular flexibility index (Phi) is 6.21. The summed E-state index contributed by atoms with van der Waals surface area (Å²) in [4.78, 5) is 25.7. The molecule has 5 nitrogen and oxygen atoms in total. The lowest BCUT2D eigenvalue weighted by Crippen LogP contribution is -2.37. The van der Waals surface area contributed by atoms with Gasteiger partial charge in [0.05, 0.1) is 13.7 Å². The molecule has 2 rings (SSSR count). The van der Waals surface area contributed by atoms with Gasteiger partial charge in [0.25, 0.3) is 5.91 Å². The van der Waals surface area contributed by atoms with E-state index in [9.17, 15) is 9.59 Å². The van der Waals surface area contributed by atoms with Gasteiger partial charge in [0, 0.05) is 29.7 Å². The van der Waals surface area contributed by atoms with Gasteiger partial charge >= 0.3 is 0 Å². The summed E-state index contributed by atoms with van der Waals surface area (Å²) in [5, 5.41) is 3.19. The number of carbonyl (C=O) groups is 2. The molecule has 0 saturated carbocycles. The van der Waals surface area contributed by atoms with Crippen LogP contribution >= 0.6 is 11.6 Å². The van der Waals surface area contributed by atoms with Gasteiger partial charge in [-0.1, -0.05) is 29.8 Å². The fourth-order valence-electron chi connectivity index (χ4n) is 2.20. The summed E-state index contributed by atoms with van der Waals surface area (Å²) in [6.45, 7) is 0.261. The smallest absolute Gasteiger partial charge is 0.251 e. The zero-order valence-corrected chi connectivity index (χ0v) is 14.3. The van der Waals surface area contributed by atoms with Crippen LogP contribution in [0.15, 0.2) is 48.5 Å². The van der Waals surface area contributed by atoms with Gasteiger partial charge in [-0.2, -0.15) is 0 Å². The molecule has 0 bridgehead atoms. The summed E-state index contributed by atoms with van der Waals surface area (Å²) in [5.41, 5.74) is 1.32. The lowest BCUT2D eigenvalue weighted by atomic mass is 10.2. The lowest BCUT2D eigenvalue weighted by molar-refractivity contribution is -0.129. The molecule has 0 atom stereocenters. The van der Waals surface area contributed by atoms with Crippen molar-refractivity contribution in [3.8, 4) is 5.75 Å². The van der Waals surface area contributed by atoms with Crippen LogP contribution in [0.25, 0.3) is 0 Å². The number of hydrogen-bond acceptors (Lipinski definition) is 3. The first-order chi connectivity index (χ1) is 11.5. The number of amides is 2. The first kappa shape index (κ1) is 17.8. The van der Waals surface area contributed by atoms with Crippen molar-refractivity contribution in [2.24, 2.45) is 0 Å². The molecule has 0 heterocycles. The highest BCUT2D eigenvalue weighted by Gasteiger charge is 2.14. The van der Waals surface area contributed by atoms with Crippen LogP contribution in [0.3, 0.4) is 0 Å². The second kappa shape index (κ2) is 8.36. The molecule has 0 aliphatic carbocycles. The Bertz CT molecular complexity index is 719. The second-order valence-electron chi connectivity index (χ2n) is 5.25. The quantitative estimate of drug-likeness (QED) is 0.875. The van der Waals surface area contributed by atoms with E-state index in [0.29, 0.717) is 22.9 Å². The first-order valence-corrected chi connectivity index (χ1v) is 7.78. The van der Waals surface area contributed by atoms with E-state index in [4.69, 9.17) is 16.3 Å². The van der Waals surface area contributed by atoms with Gasteiger partial charge in [-0.3, -0.25) is 9.59 Å². The minimum atomic E-state index is -0.280. The Balaban J connectivity index is 1.93. The number of nitrogens with zero attached hydrogens (tertiary/aromatic N) is 1. The molecule has 1 N–H and O–H groups in total. The zero-order chi connectivity index (χ0) is 17.5. The molecule has 2 aromatic rings. The molecule has 2 aromatic carbocycles. The predicted molar refractivity (Wildman–Crippen MR) is 93.3 cm³/mol. The Morgan fingerprint density at radius 3 is 2.54 bits per heavy atom. The maximum absolute atomic E-state index is 12.2. The van der Waals surface area contributed by atoms with Gasteiger partial charge in [0.2, 0.25) is 5.91 Å². The van der Waals surface area contributed by atoms with Crippen LogP contribution in [0, 0.1) is 0 Å². The second-order valence-corrected chi connectivity index (χ2v) is 5.69. The summed E-state index contributed by atoms with van der Waals surface area (Å²) in [5.74, 6) is 0.173. The van der Waals surface area contributed by atoms with Crippen molar-refractivity contribution in [1.82, 2.24) is 10.2 Å². The third kappa shape index (κ3) is 4.73. The van der Waals surface area contributed by atoms with Crippen LogP contribution in [0.2, 0.25) is 5.02 Å². The Morgan fingerprint density at radius 2 is 1.88 bits per heavy atom. The molecular formula is C18H19ClN2O3. The molecule has 0 fully saturated rings. The first-order valence-electron chi connectivity index (χ1n) is 7.41. The fourth-order valence-corrected chi connectivity index (χ4v) is 2.39. The highest BCUT2D eigenvalue weighted by molar-refractivity contribution is 6.30. The van der Waals surface area contributed by atoms with Crippen molar-refractivity contribution in [3.05, 3.63) is 64.7 Å². The van der Waals surface area contributed by atoms with E-state index in [1.54, 1.807) is 56.6 Å². The van der Waals surface area contributed by atoms with E-state index in [2.05, 4.69) is 5.32 Å². The van der Waals surface area contributed by atoms with Crippen LogP contribution in [0.4, 0.5) is 0 Å². The minimum Gasteiger partial charge on any atom is -0.496 e. The molecular weight excluding hydrogens is 328 g/mol. The topological polar surface area (TPSA) is 58.6 Å². The van der Waals surface area contributed by atoms with E-state index in [1.165, 1.54) is 4.90 Å². The summed E-state index contributed by atoms with van der Waals surface area (Å²) < 4.78 is 5.27. The number of halogens is 1. The number of benzene rings is 2. The molecule has 0 aromatic heterocycles. The monoisotopic (exact) mass is 346 g/mol. The molecule has 0 aliphatic rings. The largest absolute Gasteiger partial charge is 0.496 e. The number of ether oxygens (including phenoxy) is 1. The molecule has 126 valence electrons. The summed E-state index contributed by atoms with van der Waals surface area (Å²) in [7, 11) is 3.23. The van der Waals surface area contributed by atoms with Crippen LogP contribution in [-0.4, -0.2) is 37.4 Å². The number of hydrogen-bond donors (Lipinski definition) is 1. The van der Waals surface area contributed by atoms with Crippen molar-refractivity contribution in [2.75, 3.05) is 20.7 Å². The van der Waals surface area contributed by atoms with E-state index in [-0.39, 0.29) is 18.4 Å². The Hall–Kier alpha value is -2.53. The Morgan fingerprint density at radius 1 is 1.17 bits per heavy atom. The van der Waals surface area contributed by atoms with E-state index < -0.39 is 0 Å². The van der Waals surface area contributed by atoms with Gasteiger partial charge in [0.15, 0.2) is 0 Å². The molecule has 0 saturated heterocycles. The SMILES string of the molecule is COc1ccc(Cl)cc1CN(C)C(=O)CNC(=O)c1ccccc1. The van der Waals surface area contributed by atoms with Gasteiger partial charge < -0.3 is 15.0 Å². The van der Waals surface area contributed by atoms with Crippen molar-refractivity contribution in [2.45, 2.75) is 6.54 Å². The van der Waals surface area contributed by atoms with Crippen LogP contribution < -0.4 is 10.1 Å². The van der Waals surface area contributed by atoms with E-state index >= 15 is 0 Å². The van der Waals surface area contributed by atoms with Crippen LogP contribution in [-0.2, 0) is 11.3 Å². The summed E-state index contributed by atoms with van der Waals surface area (Å²) >= 11 is 5.99. The fraction of sp³-hybridized carbons (Fsp3) is 0.222. The normalized spacial score (nSPS) is 10.1. The standard InChI is InChI=1S/C18H19ClN2O3/c1-21(12-14-10-15(19)8-9-16(14)24-2)17(22)11-20-18(23)13-6-4-3-5-7-13/h3-10H,11-12H2,1-2H3,(H,20,23).